The summed E-state index contributed by atoms with van der Waals surface area (Å²) in [5.41, 5.74) is 0.516. The smallest absolute Gasteiger partial charge is 0.339 e. The SMILES string of the molecule is CCCCN1CCN(c2ccc(C(=O)OCC)cn2)CC1. The Bertz CT molecular complexity index is 439. The maximum Gasteiger partial charge on any atom is 0.339 e. The number of rotatable bonds is 6. The molecular weight excluding hydrogens is 266 g/mol. The van der Waals surface area contributed by atoms with Crippen LogP contribution in [0.5, 0.6) is 0 Å². The van der Waals surface area contributed by atoms with Crippen LogP contribution in [0.2, 0.25) is 0 Å². The van der Waals surface area contributed by atoms with Crippen molar-refractivity contribution in [2.24, 2.45) is 0 Å². The van der Waals surface area contributed by atoms with Crippen LogP contribution in [0.15, 0.2) is 18.3 Å². The molecule has 5 nitrogen and oxygen atoms in total. The maximum absolute atomic E-state index is 11.6. The molecule has 0 atom stereocenters. The summed E-state index contributed by atoms with van der Waals surface area (Å²) in [5, 5.41) is 0. The van der Waals surface area contributed by atoms with Crippen molar-refractivity contribution in [1.82, 2.24) is 9.88 Å². The van der Waals surface area contributed by atoms with Gasteiger partial charge in [0.1, 0.15) is 5.82 Å². The van der Waals surface area contributed by atoms with Crippen molar-refractivity contribution in [3.8, 4) is 0 Å². The van der Waals surface area contributed by atoms with Crippen LogP contribution in [0.3, 0.4) is 0 Å². The maximum atomic E-state index is 11.6. The van der Waals surface area contributed by atoms with Crippen LogP contribution in [0.1, 0.15) is 37.0 Å². The molecule has 0 N–H and O–H groups in total. The van der Waals surface area contributed by atoms with Crippen molar-refractivity contribution in [1.29, 1.82) is 0 Å². The zero-order chi connectivity index (χ0) is 15.1. The number of nitrogens with zero attached hydrogens (tertiary/aromatic N) is 3. The van der Waals surface area contributed by atoms with Crippen molar-refractivity contribution in [3.63, 3.8) is 0 Å². The molecule has 1 aliphatic rings. The van der Waals surface area contributed by atoms with Crippen LogP contribution in [0.4, 0.5) is 5.82 Å². The van der Waals surface area contributed by atoms with Crippen molar-refractivity contribution >= 4 is 11.8 Å². The van der Waals surface area contributed by atoms with E-state index in [0.29, 0.717) is 12.2 Å². The lowest BCUT2D eigenvalue weighted by atomic mass is 10.2. The molecule has 1 fully saturated rings. The molecule has 0 spiro atoms. The number of piperazine rings is 1. The molecule has 0 radical (unpaired) electrons. The zero-order valence-electron chi connectivity index (χ0n) is 13.0. The van der Waals surface area contributed by atoms with Gasteiger partial charge < -0.3 is 9.64 Å². The lowest BCUT2D eigenvalue weighted by Gasteiger charge is -2.35. The molecule has 21 heavy (non-hydrogen) atoms. The van der Waals surface area contributed by atoms with Gasteiger partial charge in [-0.05, 0) is 32.0 Å². The van der Waals surface area contributed by atoms with Crippen molar-refractivity contribution in [2.45, 2.75) is 26.7 Å². The monoisotopic (exact) mass is 291 g/mol. The first kappa shape index (κ1) is 15.8. The van der Waals surface area contributed by atoms with Gasteiger partial charge in [-0.25, -0.2) is 9.78 Å². The van der Waals surface area contributed by atoms with Gasteiger partial charge in [0.2, 0.25) is 0 Å². The Labute approximate surface area is 126 Å². The highest BCUT2D eigenvalue weighted by molar-refractivity contribution is 5.89. The number of ether oxygens (including phenoxy) is 1. The van der Waals surface area contributed by atoms with Gasteiger partial charge in [0.15, 0.2) is 0 Å². The predicted octanol–water partition coefficient (Wildman–Crippen LogP) is 2.18. The predicted molar refractivity (Wildman–Crippen MR) is 83.8 cm³/mol. The molecule has 116 valence electrons. The van der Waals surface area contributed by atoms with Crippen LogP contribution >= 0.6 is 0 Å². The van der Waals surface area contributed by atoms with E-state index in [-0.39, 0.29) is 5.97 Å². The summed E-state index contributed by atoms with van der Waals surface area (Å²) in [6, 6.07) is 3.71. The van der Waals surface area contributed by atoms with Crippen molar-refractivity contribution in [3.05, 3.63) is 23.9 Å². The summed E-state index contributed by atoms with van der Waals surface area (Å²) in [7, 11) is 0. The molecule has 2 heterocycles. The van der Waals surface area contributed by atoms with Crippen LogP contribution in [0.25, 0.3) is 0 Å². The first-order valence-electron chi connectivity index (χ1n) is 7.85. The number of pyridine rings is 1. The van der Waals surface area contributed by atoms with E-state index in [0.717, 1.165) is 32.0 Å². The Balaban J connectivity index is 1.87. The molecule has 0 saturated carbocycles. The van der Waals surface area contributed by atoms with Gasteiger partial charge in [0.05, 0.1) is 12.2 Å². The quantitative estimate of drug-likeness (QED) is 0.752. The van der Waals surface area contributed by atoms with E-state index in [9.17, 15) is 4.79 Å². The third-order valence-corrected chi connectivity index (χ3v) is 3.78. The highest BCUT2D eigenvalue weighted by atomic mass is 16.5. The van der Waals surface area contributed by atoms with E-state index in [2.05, 4.69) is 21.7 Å². The van der Waals surface area contributed by atoms with Gasteiger partial charge in [-0.1, -0.05) is 13.3 Å². The molecule has 1 saturated heterocycles. The minimum atomic E-state index is -0.305. The van der Waals surface area contributed by atoms with Crippen LogP contribution in [-0.2, 0) is 4.74 Å². The number of anilines is 1. The lowest BCUT2D eigenvalue weighted by molar-refractivity contribution is 0.0526. The van der Waals surface area contributed by atoms with E-state index in [1.54, 1.807) is 19.2 Å². The fourth-order valence-corrected chi connectivity index (χ4v) is 2.49. The first-order valence-corrected chi connectivity index (χ1v) is 7.85. The molecule has 1 aromatic heterocycles. The molecule has 0 aromatic carbocycles. The molecule has 2 rings (SSSR count). The topological polar surface area (TPSA) is 45.7 Å². The van der Waals surface area contributed by atoms with Crippen LogP contribution < -0.4 is 4.90 Å². The number of hydrogen-bond acceptors (Lipinski definition) is 5. The summed E-state index contributed by atoms with van der Waals surface area (Å²) in [4.78, 5) is 20.8. The fraction of sp³-hybridized carbons (Fsp3) is 0.625. The van der Waals surface area contributed by atoms with Crippen molar-refractivity contribution in [2.75, 3.05) is 44.2 Å². The second kappa shape index (κ2) is 7.98. The number of hydrogen-bond donors (Lipinski definition) is 0. The summed E-state index contributed by atoms with van der Waals surface area (Å²) in [5.74, 6) is 0.638. The Morgan fingerprint density at radius 2 is 2.00 bits per heavy atom. The average Bonchev–Trinajstić information content (AvgIpc) is 2.54. The fourth-order valence-electron chi connectivity index (χ4n) is 2.49. The normalized spacial score (nSPS) is 16.0. The van der Waals surface area contributed by atoms with E-state index in [4.69, 9.17) is 4.74 Å². The summed E-state index contributed by atoms with van der Waals surface area (Å²) < 4.78 is 4.97. The molecule has 0 bridgehead atoms. The molecule has 1 aliphatic heterocycles. The second-order valence-corrected chi connectivity index (χ2v) is 5.31. The second-order valence-electron chi connectivity index (χ2n) is 5.31. The largest absolute Gasteiger partial charge is 0.462 e. The molecule has 5 heteroatoms. The standard InChI is InChI=1S/C16H25N3O2/c1-3-5-8-18-9-11-19(12-10-18)15-7-6-14(13-17-15)16(20)21-4-2/h6-7,13H,3-5,8-12H2,1-2H3. The summed E-state index contributed by atoms with van der Waals surface area (Å²) in [6.45, 7) is 9.77. The Morgan fingerprint density at radius 3 is 2.57 bits per heavy atom. The third kappa shape index (κ3) is 4.43. The van der Waals surface area contributed by atoms with E-state index < -0.39 is 0 Å². The number of aromatic nitrogens is 1. The zero-order valence-corrected chi connectivity index (χ0v) is 13.0. The highest BCUT2D eigenvalue weighted by Gasteiger charge is 2.17. The van der Waals surface area contributed by atoms with Gasteiger partial charge in [-0.2, -0.15) is 0 Å². The minimum absolute atomic E-state index is 0.305. The van der Waals surface area contributed by atoms with Gasteiger partial charge in [-0.15, -0.1) is 0 Å². The van der Waals surface area contributed by atoms with E-state index >= 15 is 0 Å². The molecular formula is C16H25N3O2. The number of carbonyl (C=O) groups is 1. The Kier molecular flexibility index (Phi) is 5.99. The molecule has 0 unspecified atom stereocenters. The summed E-state index contributed by atoms with van der Waals surface area (Å²) >= 11 is 0. The molecule has 0 amide bonds. The summed E-state index contributed by atoms with van der Waals surface area (Å²) in [6.07, 6.45) is 4.13. The molecule has 1 aromatic rings. The van der Waals surface area contributed by atoms with Crippen molar-refractivity contribution < 1.29 is 9.53 Å². The van der Waals surface area contributed by atoms with Crippen LogP contribution in [-0.4, -0.2) is 55.2 Å². The Hall–Kier alpha value is -1.62. The van der Waals surface area contributed by atoms with Gasteiger partial charge in [0, 0.05) is 32.4 Å². The highest BCUT2D eigenvalue weighted by Crippen LogP contribution is 2.14. The first-order chi connectivity index (χ1) is 10.2. The number of unbranched alkanes of at least 4 members (excludes halogenated alkanes) is 1. The van der Waals surface area contributed by atoms with Crippen LogP contribution in [0, 0.1) is 0 Å². The Morgan fingerprint density at radius 1 is 1.24 bits per heavy atom. The minimum Gasteiger partial charge on any atom is -0.462 e. The van der Waals surface area contributed by atoms with Gasteiger partial charge in [-0.3, -0.25) is 4.90 Å². The lowest BCUT2D eigenvalue weighted by Crippen LogP contribution is -2.46. The van der Waals surface area contributed by atoms with E-state index in [1.165, 1.54) is 19.4 Å². The van der Waals surface area contributed by atoms with E-state index in [1.807, 2.05) is 6.07 Å². The molecule has 0 aliphatic carbocycles. The van der Waals surface area contributed by atoms with Gasteiger partial charge in [0.25, 0.3) is 0 Å². The third-order valence-electron chi connectivity index (χ3n) is 3.78. The number of carbonyl (C=O) groups excluding carboxylic acids is 1. The number of esters is 1. The average molecular weight is 291 g/mol. The van der Waals surface area contributed by atoms with Gasteiger partial charge >= 0.3 is 5.97 Å².